The molecule has 10 heteroatoms. The fourth-order valence-electron chi connectivity index (χ4n) is 3.30. The highest BCUT2D eigenvalue weighted by atomic mass is 35.5. The number of amides is 2. The predicted octanol–water partition coefficient (Wildman–Crippen LogP) is 1.39. The number of hydrogen-bond acceptors (Lipinski definition) is 6. The molecule has 4 rings (SSSR count). The first-order valence-corrected chi connectivity index (χ1v) is 9.88. The van der Waals surface area contributed by atoms with E-state index in [1.165, 1.54) is 11.0 Å². The predicted molar refractivity (Wildman–Crippen MR) is 112 cm³/mol. The molecule has 1 saturated heterocycles. The summed E-state index contributed by atoms with van der Waals surface area (Å²) < 4.78 is 1.46. The van der Waals surface area contributed by atoms with Crippen molar-refractivity contribution in [3.63, 3.8) is 0 Å². The molecular weight excluding hydrogens is 406 g/mol. The topological polar surface area (TPSA) is 96.2 Å². The second kappa shape index (κ2) is 8.91. The lowest BCUT2D eigenvalue weighted by Gasteiger charge is -2.36. The van der Waals surface area contributed by atoms with Gasteiger partial charge in [-0.15, -0.1) is 5.10 Å². The Morgan fingerprint density at radius 1 is 1.00 bits per heavy atom. The molecule has 1 aliphatic rings. The van der Waals surface area contributed by atoms with Crippen LogP contribution in [0.3, 0.4) is 0 Å². The molecule has 0 saturated carbocycles. The van der Waals surface area contributed by atoms with Crippen LogP contribution >= 0.6 is 11.6 Å². The second-order valence-electron chi connectivity index (χ2n) is 6.83. The molecule has 1 aromatic heterocycles. The molecule has 154 valence electrons. The number of carbonyl (C=O) groups is 2. The molecule has 30 heavy (non-hydrogen) atoms. The zero-order chi connectivity index (χ0) is 20.9. The van der Waals surface area contributed by atoms with Gasteiger partial charge < -0.3 is 15.1 Å². The van der Waals surface area contributed by atoms with E-state index in [0.717, 1.165) is 18.8 Å². The largest absolute Gasteiger partial charge is 0.368 e. The Kier molecular flexibility index (Phi) is 5.89. The minimum atomic E-state index is -0.321. The van der Waals surface area contributed by atoms with Gasteiger partial charge in [0.2, 0.25) is 5.91 Å². The van der Waals surface area contributed by atoms with Crippen LogP contribution in [0.5, 0.6) is 0 Å². The third-order valence-corrected chi connectivity index (χ3v) is 5.20. The van der Waals surface area contributed by atoms with Crippen molar-refractivity contribution in [3.05, 3.63) is 65.4 Å². The molecule has 2 heterocycles. The Bertz CT molecular complexity index is 1020. The number of carbonyl (C=O) groups excluding carboxylic acids is 2. The minimum absolute atomic E-state index is 0.0467. The van der Waals surface area contributed by atoms with Gasteiger partial charge >= 0.3 is 0 Å². The number of halogens is 1. The smallest absolute Gasteiger partial charge is 0.251 e. The summed E-state index contributed by atoms with van der Waals surface area (Å²) in [5, 5.41) is 14.4. The summed E-state index contributed by atoms with van der Waals surface area (Å²) in [5.41, 5.74) is 2.18. The van der Waals surface area contributed by atoms with Gasteiger partial charge in [-0.2, -0.15) is 0 Å². The fraction of sp³-hybridized carbons (Fsp3) is 0.250. The number of rotatable bonds is 5. The lowest BCUT2D eigenvalue weighted by Crippen LogP contribution is -2.51. The normalized spacial score (nSPS) is 13.9. The number of anilines is 1. The standard InChI is InChI=1S/C20H20ClN7O2/c21-16-4-6-17(7-5-16)26-8-10-27(11-9-26)19(29)13-22-20(30)15-2-1-3-18(12-15)28-14-23-24-25-28/h1-7,12,14H,8-11,13H2,(H,22,30). The van der Waals surface area contributed by atoms with E-state index in [2.05, 4.69) is 25.7 Å². The highest BCUT2D eigenvalue weighted by Crippen LogP contribution is 2.19. The van der Waals surface area contributed by atoms with E-state index in [1.54, 1.807) is 29.2 Å². The molecule has 2 amide bonds. The second-order valence-corrected chi connectivity index (χ2v) is 7.27. The van der Waals surface area contributed by atoms with Gasteiger partial charge in [-0.25, -0.2) is 4.68 Å². The van der Waals surface area contributed by atoms with Crippen LogP contribution in [-0.2, 0) is 4.79 Å². The summed E-state index contributed by atoms with van der Waals surface area (Å²) in [5.74, 6) is -0.422. The van der Waals surface area contributed by atoms with Crippen molar-refractivity contribution >= 4 is 29.1 Å². The summed E-state index contributed by atoms with van der Waals surface area (Å²) in [6, 6.07) is 14.5. The van der Waals surface area contributed by atoms with Crippen molar-refractivity contribution in [2.24, 2.45) is 0 Å². The van der Waals surface area contributed by atoms with Gasteiger partial charge in [0.1, 0.15) is 6.33 Å². The number of hydrogen-bond donors (Lipinski definition) is 1. The van der Waals surface area contributed by atoms with Crippen LogP contribution in [0.4, 0.5) is 5.69 Å². The van der Waals surface area contributed by atoms with Crippen molar-refractivity contribution in [2.45, 2.75) is 0 Å². The Morgan fingerprint density at radius 3 is 2.47 bits per heavy atom. The van der Waals surface area contributed by atoms with E-state index in [1.807, 2.05) is 24.3 Å². The Hall–Kier alpha value is -3.46. The van der Waals surface area contributed by atoms with E-state index in [4.69, 9.17) is 11.6 Å². The SMILES string of the molecule is O=C(NCC(=O)N1CCN(c2ccc(Cl)cc2)CC1)c1cccc(-n2cnnn2)c1. The number of nitrogens with zero attached hydrogens (tertiary/aromatic N) is 6. The molecular formula is C20H20ClN7O2. The maximum absolute atomic E-state index is 12.5. The van der Waals surface area contributed by atoms with Crippen LogP contribution in [0.15, 0.2) is 54.9 Å². The van der Waals surface area contributed by atoms with Crippen LogP contribution < -0.4 is 10.2 Å². The number of piperazine rings is 1. The van der Waals surface area contributed by atoms with Crippen LogP contribution in [-0.4, -0.2) is 69.6 Å². The molecule has 0 unspecified atom stereocenters. The van der Waals surface area contributed by atoms with Crippen molar-refractivity contribution < 1.29 is 9.59 Å². The molecule has 0 atom stereocenters. The van der Waals surface area contributed by atoms with E-state index in [9.17, 15) is 9.59 Å². The number of tetrazole rings is 1. The van der Waals surface area contributed by atoms with Crippen molar-refractivity contribution in [3.8, 4) is 5.69 Å². The van der Waals surface area contributed by atoms with Crippen LogP contribution in [0.25, 0.3) is 5.69 Å². The zero-order valence-electron chi connectivity index (χ0n) is 16.1. The Morgan fingerprint density at radius 2 is 1.77 bits per heavy atom. The number of aromatic nitrogens is 4. The van der Waals surface area contributed by atoms with Gasteiger partial charge in [0, 0.05) is 42.5 Å². The van der Waals surface area contributed by atoms with Gasteiger partial charge in [0.15, 0.2) is 0 Å². The molecule has 0 radical (unpaired) electrons. The van der Waals surface area contributed by atoms with Crippen LogP contribution in [0.2, 0.25) is 5.02 Å². The van der Waals surface area contributed by atoms with Crippen LogP contribution in [0, 0.1) is 0 Å². The van der Waals surface area contributed by atoms with Crippen molar-refractivity contribution in [1.29, 1.82) is 0 Å². The summed E-state index contributed by atoms with van der Waals surface area (Å²) in [6.45, 7) is 2.62. The summed E-state index contributed by atoms with van der Waals surface area (Å²) in [7, 11) is 0. The molecule has 1 fully saturated rings. The van der Waals surface area contributed by atoms with Gasteiger partial charge in [0.25, 0.3) is 5.91 Å². The maximum atomic E-state index is 12.5. The third-order valence-electron chi connectivity index (χ3n) is 4.95. The lowest BCUT2D eigenvalue weighted by molar-refractivity contribution is -0.130. The molecule has 1 aliphatic heterocycles. The number of benzene rings is 2. The highest BCUT2D eigenvalue weighted by Gasteiger charge is 2.21. The molecule has 3 aromatic rings. The fourth-order valence-corrected chi connectivity index (χ4v) is 3.43. The molecule has 0 aliphatic carbocycles. The van der Waals surface area contributed by atoms with E-state index >= 15 is 0 Å². The monoisotopic (exact) mass is 425 g/mol. The van der Waals surface area contributed by atoms with Crippen molar-refractivity contribution in [2.75, 3.05) is 37.6 Å². The summed E-state index contributed by atoms with van der Waals surface area (Å²) in [6.07, 6.45) is 1.45. The average molecular weight is 426 g/mol. The molecule has 2 aromatic carbocycles. The van der Waals surface area contributed by atoms with Crippen LogP contribution in [0.1, 0.15) is 10.4 Å². The average Bonchev–Trinajstić information content (AvgIpc) is 3.33. The third kappa shape index (κ3) is 4.57. The Balaban J connectivity index is 1.28. The highest BCUT2D eigenvalue weighted by molar-refractivity contribution is 6.30. The van der Waals surface area contributed by atoms with Gasteiger partial charge in [0.05, 0.1) is 12.2 Å². The van der Waals surface area contributed by atoms with E-state index in [0.29, 0.717) is 29.4 Å². The van der Waals surface area contributed by atoms with Gasteiger partial charge in [-0.3, -0.25) is 9.59 Å². The van der Waals surface area contributed by atoms with E-state index in [-0.39, 0.29) is 18.4 Å². The number of nitrogens with one attached hydrogen (secondary N) is 1. The zero-order valence-corrected chi connectivity index (χ0v) is 16.9. The maximum Gasteiger partial charge on any atom is 0.251 e. The summed E-state index contributed by atoms with van der Waals surface area (Å²) in [4.78, 5) is 29.0. The van der Waals surface area contributed by atoms with Crippen molar-refractivity contribution in [1.82, 2.24) is 30.4 Å². The first-order chi connectivity index (χ1) is 14.6. The quantitative estimate of drug-likeness (QED) is 0.663. The lowest BCUT2D eigenvalue weighted by atomic mass is 10.2. The molecule has 0 spiro atoms. The molecule has 0 bridgehead atoms. The first-order valence-electron chi connectivity index (χ1n) is 9.50. The first kappa shape index (κ1) is 19.8. The Labute approximate surface area is 178 Å². The molecule has 9 nitrogen and oxygen atoms in total. The molecule has 1 N–H and O–H groups in total. The van der Waals surface area contributed by atoms with E-state index < -0.39 is 0 Å². The summed E-state index contributed by atoms with van der Waals surface area (Å²) >= 11 is 5.94. The van der Waals surface area contributed by atoms with Gasteiger partial charge in [-0.05, 0) is 52.9 Å². The van der Waals surface area contributed by atoms with Gasteiger partial charge in [-0.1, -0.05) is 17.7 Å². The minimum Gasteiger partial charge on any atom is -0.368 e.